The SMILES string of the molecule is COc1ccccc1OCc1nnnn1-c1ccc(Br)cc1. The molecule has 112 valence electrons. The van der Waals surface area contributed by atoms with Crippen LogP contribution in [0.4, 0.5) is 0 Å². The first-order chi connectivity index (χ1) is 10.8. The Morgan fingerprint density at radius 1 is 1.05 bits per heavy atom. The summed E-state index contributed by atoms with van der Waals surface area (Å²) in [6.45, 7) is 0.240. The van der Waals surface area contributed by atoms with E-state index in [0.717, 1.165) is 10.2 Å². The molecule has 1 heterocycles. The van der Waals surface area contributed by atoms with E-state index in [1.165, 1.54) is 0 Å². The third kappa shape index (κ3) is 3.09. The molecule has 3 aromatic rings. The highest BCUT2D eigenvalue weighted by molar-refractivity contribution is 9.10. The van der Waals surface area contributed by atoms with Crippen LogP contribution in [0.3, 0.4) is 0 Å². The molecule has 3 rings (SSSR count). The van der Waals surface area contributed by atoms with Crippen molar-refractivity contribution in [3.63, 3.8) is 0 Å². The van der Waals surface area contributed by atoms with Gasteiger partial charge in [0.25, 0.3) is 0 Å². The van der Waals surface area contributed by atoms with Gasteiger partial charge in [0.1, 0.15) is 0 Å². The molecule has 0 amide bonds. The molecule has 1 aromatic heterocycles. The summed E-state index contributed by atoms with van der Waals surface area (Å²) in [6, 6.07) is 15.2. The number of halogens is 1. The van der Waals surface area contributed by atoms with Gasteiger partial charge >= 0.3 is 0 Å². The van der Waals surface area contributed by atoms with Gasteiger partial charge in [-0.25, -0.2) is 0 Å². The summed E-state index contributed by atoms with van der Waals surface area (Å²) in [4.78, 5) is 0. The standard InChI is InChI=1S/C15H13BrN4O2/c1-21-13-4-2-3-5-14(13)22-10-15-17-18-19-20(15)12-8-6-11(16)7-9-12/h2-9H,10H2,1H3. The van der Waals surface area contributed by atoms with Crippen LogP contribution in [0.15, 0.2) is 53.0 Å². The second kappa shape index (κ2) is 6.57. The smallest absolute Gasteiger partial charge is 0.194 e. The number of tetrazole rings is 1. The number of para-hydroxylation sites is 2. The van der Waals surface area contributed by atoms with E-state index in [-0.39, 0.29) is 6.61 Å². The number of rotatable bonds is 5. The predicted octanol–water partition coefficient (Wildman–Crippen LogP) is 3.01. The van der Waals surface area contributed by atoms with Gasteiger partial charge in [0.15, 0.2) is 23.9 Å². The molecule has 0 atom stereocenters. The van der Waals surface area contributed by atoms with Crippen molar-refractivity contribution in [3.05, 3.63) is 58.8 Å². The first-order valence-electron chi connectivity index (χ1n) is 6.57. The largest absolute Gasteiger partial charge is 0.493 e. The van der Waals surface area contributed by atoms with Crippen molar-refractivity contribution in [1.82, 2.24) is 20.2 Å². The van der Waals surface area contributed by atoms with Crippen molar-refractivity contribution in [1.29, 1.82) is 0 Å². The van der Waals surface area contributed by atoms with Crippen molar-refractivity contribution in [2.75, 3.05) is 7.11 Å². The molecule has 22 heavy (non-hydrogen) atoms. The number of hydrogen-bond donors (Lipinski definition) is 0. The molecule has 0 unspecified atom stereocenters. The lowest BCUT2D eigenvalue weighted by molar-refractivity contribution is 0.273. The van der Waals surface area contributed by atoms with Crippen molar-refractivity contribution in [3.8, 4) is 17.2 Å². The Hall–Kier alpha value is -2.41. The lowest BCUT2D eigenvalue weighted by atomic mass is 10.3. The summed E-state index contributed by atoms with van der Waals surface area (Å²) in [7, 11) is 1.61. The summed E-state index contributed by atoms with van der Waals surface area (Å²) < 4.78 is 13.7. The van der Waals surface area contributed by atoms with Crippen molar-refractivity contribution in [2.24, 2.45) is 0 Å². The number of hydrogen-bond acceptors (Lipinski definition) is 5. The maximum atomic E-state index is 5.76. The lowest BCUT2D eigenvalue weighted by Gasteiger charge is -2.10. The second-order valence-corrected chi connectivity index (χ2v) is 5.34. The van der Waals surface area contributed by atoms with Crippen LogP contribution >= 0.6 is 15.9 Å². The third-order valence-electron chi connectivity index (χ3n) is 3.03. The van der Waals surface area contributed by atoms with E-state index in [0.29, 0.717) is 17.3 Å². The molecule has 6 nitrogen and oxygen atoms in total. The van der Waals surface area contributed by atoms with Gasteiger partial charge in [-0.2, -0.15) is 4.68 Å². The Balaban J connectivity index is 1.79. The Bertz CT molecular complexity index is 758. The maximum Gasteiger partial charge on any atom is 0.194 e. The molecule has 0 radical (unpaired) electrons. The average Bonchev–Trinajstić information content (AvgIpc) is 3.02. The molecule has 0 spiro atoms. The van der Waals surface area contributed by atoms with Gasteiger partial charge in [0.05, 0.1) is 12.8 Å². The number of nitrogens with zero attached hydrogens (tertiary/aromatic N) is 4. The van der Waals surface area contributed by atoms with Gasteiger partial charge in [-0.05, 0) is 46.8 Å². The molecular formula is C15H13BrN4O2. The molecule has 2 aromatic carbocycles. The van der Waals surface area contributed by atoms with Crippen LogP contribution in [-0.4, -0.2) is 27.3 Å². The van der Waals surface area contributed by atoms with E-state index >= 15 is 0 Å². The average molecular weight is 361 g/mol. The summed E-state index contributed by atoms with van der Waals surface area (Å²) in [6.07, 6.45) is 0. The van der Waals surface area contributed by atoms with Crippen LogP contribution in [0.2, 0.25) is 0 Å². The van der Waals surface area contributed by atoms with Crippen LogP contribution in [-0.2, 0) is 6.61 Å². The fourth-order valence-electron chi connectivity index (χ4n) is 1.96. The Morgan fingerprint density at radius 2 is 1.77 bits per heavy atom. The number of ether oxygens (including phenoxy) is 2. The summed E-state index contributed by atoms with van der Waals surface area (Å²) in [5.74, 6) is 1.92. The third-order valence-corrected chi connectivity index (χ3v) is 3.56. The Labute approximate surface area is 135 Å². The number of methoxy groups -OCH3 is 1. The van der Waals surface area contributed by atoms with E-state index in [4.69, 9.17) is 9.47 Å². The molecule has 0 aliphatic heterocycles. The molecular weight excluding hydrogens is 348 g/mol. The van der Waals surface area contributed by atoms with Crippen molar-refractivity contribution >= 4 is 15.9 Å². The molecule has 7 heteroatoms. The predicted molar refractivity (Wildman–Crippen MR) is 84.2 cm³/mol. The Kier molecular flexibility index (Phi) is 4.34. The zero-order valence-electron chi connectivity index (χ0n) is 11.8. The highest BCUT2D eigenvalue weighted by Gasteiger charge is 2.10. The van der Waals surface area contributed by atoms with Crippen molar-refractivity contribution in [2.45, 2.75) is 6.61 Å². The van der Waals surface area contributed by atoms with Crippen LogP contribution in [0.5, 0.6) is 11.5 Å². The van der Waals surface area contributed by atoms with Gasteiger partial charge < -0.3 is 9.47 Å². The van der Waals surface area contributed by atoms with Gasteiger partial charge in [0.2, 0.25) is 0 Å². The number of benzene rings is 2. The summed E-state index contributed by atoms with van der Waals surface area (Å²) >= 11 is 3.40. The normalized spacial score (nSPS) is 10.5. The molecule has 0 fully saturated rings. The fraction of sp³-hybridized carbons (Fsp3) is 0.133. The second-order valence-electron chi connectivity index (χ2n) is 4.42. The number of aromatic nitrogens is 4. The zero-order valence-corrected chi connectivity index (χ0v) is 13.4. The molecule has 0 aliphatic rings. The molecule has 0 saturated carbocycles. The molecule has 0 N–H and O–H groups in total. The van der Waals surface area contributed by atoms with E-state index < -0.39 is 0 Å². The minimum absolute atomic E-state index is 0.240. The minimum Gasteiger partial charge on any atom is -0.493 e. The summed E-state index contributed by atoms with van der Waals surface area (Å²) in [5.41, 5.74) is 0.867. The monoisotopic (exact) mass is 360 g/mol. The van der Waals surface area contributed by atoms with Crippen LogP contribution in [0, 0.1) is 0 Å². The van der Waals surface area contributed by atoms with Gasteiger partial charge in [-0.1, -0.05) is 28.1 Å². The Morgan fingerprint density at radius 3 is 2.50 bits per heavy atom. The minimum atomic E-state index is 0.240. The molecule has 0 aliphatic carbocycles. The fourth-order valence-corrected chi connectivity index (χ4v) is 2.22. The van der Waals surface area contributed by atoms with Crippen LogP contribution < -0.4 is 9.47 Å². The van der Waals surface area contributed by atoms with Crippen LogP contribution in [0.25, 0.3) is 5.69 Å². The first-order valence-corrected chi connectivity index (χ1v) is 7.36. The summed E-state index contributed by atoms with van der Waals surface area (Å²) in [5, 5.41) is 11.7. The molecule has 0 bridgehead atoms. The van der Waals surface area contributed by atoms with E-state index in [1.807, 2.05) is 48.5 Å². The lowest BCUT2D eigenvalue weighted by Crippen LogP contribution is -2.07. The van der Waals surface area contributed by atoms with Gasteiger partial charge in [-0.15, -0.1) is 5.10 Å². The molecule has 0 saturated heterocycles. The van der Waals surface area contributed by atoms with Crippen molar-refractivity contribution < 1.29 is 9.47 Å². The van der Waals surface area contributed by atoms with E-state index in [9.17, 15) is 0 Å². The topological polar surface area (TPSA) is 62.1 Å². The quantitative estimate of drug-likeness (QED) is 0.699. The maximum absolute atomic E-state index is 5.76. The van der Waals surface area contributed by atoms with E-state index in [2.05, 4.69) is 31.5 Å². The highest BCUT2D eigenvalue weighted by atomic mass is 79.9. The van der Waals surface area contributed by atoms with E-state index in [1.54, 1.807) is 11.8 Å². The van der Waals surface area contributed by atoms with Gasteiger partial charge in [-0.3, -0.25) is 0 Å². The first kappa shape index (κ1) is 14.5. The van der Waals surface area contributed by atoms with Crippen LogP contribution in [0.1, 0.15) is 5.82 Å². The highest BCUT2D eigenvalue weighted by Crippen LogP contribution is 2.26. The van der Waals surface area contributed by atoms with Gasteiger partial charge in [0, 0.05) is 4.47 Å². The zero-order chi connectivity index (χ0) is 15.4.